The van der Waals surface area contributed by atoms with E-state index < -0.39 is 11.9 Å². The molecule has 0 aromatic heterocycles. The fourth-order valence-corrected chi connectivity index (χ4v) is 0.389. The molecule has 0 aromatic rings. The number of carbonyl (C=O) groups is 2. The Morgan fingerprint density at radius 1 is 1.43 bits per heavy atom. The highest BCUT2D eigenvalue weighted by Crippen LogP contribution is 2.03. The summed E-state index contributed by atoms with van der Waals surface area (Å²) in [5, 5.41) is 17.1. The molecule has 0 aliphatic heterocycles. The number of aliphatic hydroxyl groups is 1. The molecular weight excluding hydrogens is 186 g/mol. The number of carbonyl (C=O) groups excluding carboxylic acids is 1. The lowest BCUT2D eigenvalue weighted by Gasteiger charge is -1.95. The van der Waals surface area contributed by atoms with Crippen LogP contribution in [0.3, 0.4) is 0 Å². The molecule has 0 aliphatic carbocycles. The van der Waals surface area contributed by atoms with Crippen molar-refractivity contribution in [2.75, 3.05) is 0 Å². The van der Waals surface area contributed by atoms with E-state index in [-0.39, 0.29) is 11.3 Å². The summed E-state index contributed by atoms with van der Waals surface area (Å²) in [7, 11) is 0. The predicted octanol–water partition coefficient (Wildman–Crippen LogP) is 0.971. The van der Waals surface area contributed by atoms with Crippen LogP contribution in [0.4, 0.5) is 0 Å². The lowest BCUT2D eigenvalue weighted by atomic mass is 10.2. The van der Waals surface area contributed by atoms with Crippen LogP contribution in [0.1, 0.15) is 20.3 Å². The molecule has 5 heteroatoms. The summed E-state index contributed by atoms with van der Waals surface area (Å²) in [6.45, 7) is 6.16. The minimum Gasteiger partial charge on any atom is -0.512 e. The van der Waals surface area contributed by atoms with Crippen molar-refractivity contribution in [3.8, 4) is 0 Å². The van der Waals surface area contributed by atoms with Gasteiger partial charge in [0, 0.05) is 6.42 Å². The van der Waals surface area contributed by atoms with Crippen molar-refractivity contribution in [3.63, 3.8) is 0 Å². The molecule has 1 amide bonds. The normalized spacial score (nSPS) is 10.4. The number of primary amides is 1. The van der Waals surface area contributed by atoms with E-state index in [4.69, 9.17) is 10.2 Å². The predicted molar refractivity (Wildman–Crippen MR) is 52.6 cm³/mol. The van der Waals surface area contributed by atoms with Gasteiger partial charge in [-0.3, -0.25) is 4.79 Å². The molecule has 14 heavy (non-hydrogen) atoms. The van der Waals surface area contributed by atoms with Crippen molar-refractivity contribution in [2.45, 2.75) is 20.3 Å². The van der Waals surface area contributed by atoms with E-state index in [1.165, 1.54) is 6.92 Å². The van der Waals surface area contributed by atoms with Gasteiger partial charge in [0.15, 0.2) is 0 Å². The van der Waals surface area contributed by atoms with E-state index in [0.717, 1.165) is 6.08 Å². The third-order valence-corrected chi connectivity index (χ3v) is 1.29. The Kier molecular flexibility index (Phi) is 8.26. The number of nitrogens with two attached hydrogens (primary N) is 1. The van der Waals surface area contributed by atoms with Crippen LogP contribution in [0.2, 0.25) is 0 Å². The van der Waals surface area contributed by atoms with Crippen molar-refractivity contribution in [3.05, 3.63) is 24.0 Å². The number of rotatable bonds is 3. The molecule has 5 nitrogen and oxygen atoms in total. The van der Waals surface area contributed by atoms with E-state index in [1.54, 1.807) is 6.92 Å². The molecule has 4 N–H and O–H groups in total. The number of carboxylic acid groups (broad SMARTS) is 1. The second kappa shape index (κ2) is 7.85. The van der Waals surface area contributed by atoms with E-state index in [0.29, 0.717) is 6.42 Å². The maximum absolute atomic E-state index is 10.1. The van der Waals surface area contributed by atoms with Crippen LogP contribution in [0.25, 0.3) is 0 Å². The lowest BCUT2D eigenvalue weighted by Crippen LogP contribution is -2.04. The quantitative estimate of drug-likeness (QED) is 0.467. The molecule has 0 heterocycles. The first kappa shape index (κ1) is 14.7. The molecule has 0 rings (SSSR count). The average Bonchev–Trinajstić information content (AvgIpc) is 2.16. The van der Waals surface area contributed by atoms with Crippen LogP contribution in [0.15, 0.2) is 24.0 Å². The molecule has 0 radical (unpaired) electrons. The van der Waals surface area contributed by atoms with E-state index >= 15 is 0 Å². The summed E-state index contributed by atoms with van der Waals surface area (Å²) in [5.41, 5.74) is 4.56. The lowest BCUT2D eigenvalue weighted by molar-refractivity contribution is -0.132. The summed E-state index contributed by atoms with van der Waals surface area (Å²) in [4.78, 5) is 19.6. The van der Waals surface area contributed by atoms with Gasteiger partial charge in [0.2, 0.25) is 5.91 Å². The third-order valence-electron chi connectivity index (χ3n) is 1.29. The summed E-state index contributed by atoms with van der Waals surface area (Å²) in [6, 6.07) is 0. The van der Waals surface area contributed by atoms with Gasteiger partial charge >= 0.3 is 5.97 Å². The van der Waals surface area contributed by atoms with Crippen LogP contribution in [0, 0.1) is 0 Å². The van der Waals surface area contributed by atoms with Crippen molar-refractivity contribution in [2.24, 2.45) is 5.73 Å². The van der Waals surface area contributed by atoms with Crippen LogP contribution < -0.4 is 5.73 Å². The van der Waals surface area contributed by atoms with Gasteiger partial charge in [-0.15, -0.1) is 0 Å². The maximum atomic E-state index is 10.1. The number of amides is 1. The molecule has 80 valence electrons. The van der Waals surface area contributed by atoms with Gasteiger partial charge in [0.25, 0.3) is 0 Å². The third kappa shape index (κ3) is 8.32. The van der Waals surface area contributed by atoms with E-state index in [9.17, 15) is 9.59 Å². The highest BCUT2D eigenvalue weighted by Gasteiger charge is 2.04. The highest BCUT2D eigenvalue weighted by molar-refractivity contribution is 5.86. The van der Waals surface area contributed by atoms with E-state index in [1.807, 2.05) is 0 Å². The maximum Gasteiger partial charge on any atom is 0.334 e. The van der Waals surface area contributed by atoms with Gasteiger partial charge in [-0.05, 0) is 13.0 Å². The minimum absolute atomic E-state index is 0.0255. The zero-order valence-electron chi connectivity index (χ0n) is 8.28. The fourth-order valence-electron chi connectivity index (χ4n) is 0.389. The second-order valence-electron chi connectivity index (χ2n) is 2.34. The Hall–Kier alpha value is -1.78. The average molecular weight is 201 g/mol. The SMILES string of the molecule is C=CC(N)=O.CC/C(O)=C(/C)C(=O)O. The largest absolute Gasteiger partial charge is 0.512 e. The van der Waals surface area contributed by atoms with Crippen LogP contribution >= 0.6 is 0 Å². The molecule has 0 spiro atoms. The van der Waals surface area contributed by atoms with Gasteiger partial charge < -0.3 is 15.9 Å². The van der Waals surface area contributed by atoms with Crippen molar-refractivity contribution in [1.82, 2.24) is 0 Å². The van der Waals surface area contributed by atoms with Gasteiger partial charge in [-0.1, -0.05) is 13.5 Å². The first-order chi connectivity index (χ1) is 6.36. The number of hydrogen-bond donors (Lipinski definition) is 3. The van der Waals surface area contributed by atoms with Crippen LogP contribution in [0.5, 0.6) is 0 Å². The standard InChI is InChI=1S/C6H10O3.C3H5NO/c1-3-5(7)4(2)6(8)9;1-2-3(4)5/h7H,3H2,1-2H3,(H,8,9);2H,1H2,(H2,4,5)/b5-4+;. The van der Waals surface area contributed by atoms with Gasteiger partial charge in [0.1, 0.15) is 5.76 Å². The first-order valence-corrected chi connectivity index (χ1v) is 3.90. The zero-order chi connectivity index (χ0) is 11.7. The Morgan fingerprint density at radius 3 is 1.86 bits per heavy atom. The van der Waals surface area contributed by atoms with Crippen LogP contribution in [-0.4, -0.2) is 22.1 Å². The van der Waals surface area contributed by atoms with Gasteiger partial charge in [-0.25, -0.2) is 4.79 Å². The van der Waals surface area contributed by atoms with E-state index in [2.05, 4.69) is 12.3 Å². The summed E-state index contributed by atoms with van der Waals surface area (Å²) < 4.78 is 0. The molecule has 0 atom stereocenters. The molecular formula is C9H15NO4. The molecule has 0 aromatic carbocycles. The Balaban J connectivity index is 0. The molecule has 0 saturated heterocycles. The topological polar surface area (TPSA) is 101 Å². The number of aliphatic carboxylic acids is 1. The van der Waals surface area contributed by atoms with Gasteiger partial charge in [0.05, 0.1) is 5.57 Å². The molecule has 0 bridgehead atoms. The first-order valence-electron chi connectivity index (χ1n) is 3.90. The molecule has 0 fully saturated rings. The van der Waals surface area contributed by atoms with Crippen molar-refractivity contribution in [1.29, 1.82) is 0 Å². The molecule has 0 unspecified atom stereocenters. The zero-order valence-corrected chi connectivity index (χ0v) is 8.28. The number of carboxylic acids is 1. The Labute approximate surface area is 82.5 Å². The summed E-state index contributed by atoms with van der Waals surface area (Å²) in [5.74, 6) is -1.60. The number of allylic oxidation sites excluding steroid dienone is 1. The van der Waals surface area contributed by atoms with Crippen molar-refractivity contribution < 1.29 is 19.8 Å². The summed E-state index contributed by atoms with van der Waals surface area (Å²) >= 11 is 0. The smallest absolute Gasteiger partial charge is 0.334 e. The Bertz CT molecular complexity index is 256. The monoisotopic (exact) mass is 201 g/mol. The fraction of sp³-hybridized carbons (Fsp3) is 0.333. The highest BCUT2D eigenvalue weighted by atomic mass is 16.4. The number of hydrogen-bond acceptors (Lipinski definition) is 3. The summed E-state index contributed by atoms with van der Waals surface area (Å²) in [6.07, 6.45) is 1.43. The minimum atomic E-state index is -1.06. The second-order valence-corrected chi connectivity index (χ2v) is 2.34. The number of aliphatic hydroxyl groups excluding tert-OH is 1. The van der Waals surface area contributed by atoms with Crippen molar-refractivity contribution >= 4 is 11.9 Å². The molecule has 0 aliphatic rings. The molecule has 0 saturated carbocycles. The van der Waals surface area contributed by atoms with Gasteiger partial charge in [-0.2, -0.15) is 0 Å². The van der Waals surface area contributed by atoms with Crippen LogP contribution in [-0.2, 0) is 9.59 Å². The Morgan fingerprint density at radius 2 is 1.79 bits per heavy atom.